The topological polar surface area (TPSA) is 72.1 Å². The molecular weight excluding hydrogens is 224 g/mol. The zero-order valence-corrected chi connectivity index (χ0v) is 9.85. The fraction of sp³-hybridized carbons (Fsp3) is 0.0714. The Morgan fingerprint density at radius 1 is 1.00 bits per heavy atom. The van der Waals surface area contributed by atoms with Crippen LogP contribution in [-0.4, -0.2) is 5.84 Å². The van der Waals surface area contributed by atoms with Crippen molar-refractivity contribution in [3.63, 3.8) is 0 Å². The molecule has 0 fully saturated rings. The minimum absolute atomic E-state index is 0.0235. The van der Waals surface area contributed by atoms with Gasteiger partial charge in [-0.3, -0.25) is 5.41 Å². The molecule has 2 aromatic rings. The van der Waals surface area contributed by atoms with Crippen molar-refractivity contribution < 1.29 is 0 Å². The molecular formula is C14H14N4. The summed E-state index contributed by atoms with van der Waals surface area (Å²) >= 11 is 0. The summed E-state index contributed by atoms with van der Waals surface area (Å²) in [6, 6.07) is 17.5. The molecule has 0 spiro atoms. The van der Waals surface area contributed by atoms with Gasteiger partial charge in [0.05, 0.1) is 0 Å². The van der Waals surface area contributed by atoms with E-state index >= 15 is 0 Å². The van der Waals surface area contributed by atoms with Crippen LogP contribution in [0.4, 0.5) is 5.69 Å². The molecule has 3 N–H and O–H groups in total. The number of hydrogen-bond acceptors (Lipinski definition) is 3. The molecule has 0 saturated carbocycles. The van der Waals surface area contributed by atoms with Gasteiger partial charge in [-0.1, -0.05) is 30.3 Å². The van der Waals surface area contributed by atoms with Crippen LogP contribution in [0.1, 0.15) is 11.1 Å². The van der Waals surface area contributed by atoms with Gasteiger partial charge in [0.2, 0.25) is 0 Å². The first-order valence-corrected chi connectivity index (χ1v) is 5.64. The Morgan fingerprint density at radius 3 is 2.28 bits per heavy atom. The zero-order valence-electron chi connectivity index (χ0n) is 9.85. The average Bonchev–Trinajstić information content (AvgIpc) is 2.46. The third-order valence-electron chi connectivity index (χ3n) is 2.61. The third-order valence-corrected chi connectivity index (χ3v) is 2.61. The lowest BCUT2D eigenvalue weighted by atomic mass is 10.2. The van der Waals surface area contributed by atoms with Gasteiger partial charge in [0.25, 0.3) is 0 Å². The van der Waals surface area contributed by atoms with Crippen molar-refractivity contribution in [3.05, 3.63) is 65.7 Å². The van der Waals surface area contributed by atoms with E-state index < -0.39 is 0 Å². The van der Waals surface area contributed by atoms with E-state index in [0.717, 1.165) is 12.2 Å². The smallest absolute Gasteiger partial charge is 0.173 e. The van der Waals surface area contributed by atoms with Crippen LogP contribution >= 0.6 is 0 Å². The fourth-order valence-electron chi connectivity index (χ4n) is 1.61. The van der Waals surface area contributed by atoms with E-state index in [4.69, 9.17) is 10.9 Å². The third kappa shape index (κ3) is 3.01. The summed E-state index contributed by atoms with van der Waals surface area (Å²) in [5.74, 6) is -0.0235. The first-order valence-electron chi connectivity index (χ1n) is 5.64. The Bertz CT molecular complexity index is 531. The normalized spacial score (nSPS) is 9.78. The van der Waals surface area contributed by atoms with Gasteiger partial charge < -0.3 is 5.32 Å². The second-order valence-corrected chi connectivity index (χ2v) is 3.88. The number of nitrogens with zero attached hydrogens (tertiary/aromatic N) is 1. The van der Waals surface area contributed by atoms with Gasteiger partial charge in [-0.15, -0.1) is 5.11 Å². The maximum atomic E-state index is 7.41. The molecule has 0 heterocycles. The van der Waals surface area contributed by atoms with E-state index in [9.17, 15) is 0 Å². The largest absolute Gasteiger partial charge is 0.381 e. The number of rotatable bonds is 4. The number of nitrogens with one attached hydrogen (secondary N) is 3. The highest BCUT2D eigenvalue weighted by atomic mass is 15.0. The standard InChI is InChI=1S/C14H14N4/c15-14(18-16)12-6-8-13(9-7-12)17-10-11-4-2-1-3-5-11/h1-9,15-17H,10H2. The summed E-state index contributed by atoms with van der Waals surface area (Å²) in [7, 11) is 0. The van der Waals surface area contributed by atoms with Gasteiger partial charge >= 0.3 is 0 Å². The van der Waals surface area contributed by atoms with Crippen LogP contribution in [0.2, 0.25) is 0 Å². The van der Waals surface area contributed by atoms with E-state index in [0.29, 0.717) is 5.56 Å². The van der Waals surface area contributed by atoms with E-state index in [2.05, 4.69) is 22.6 Å². The van der Waals surface area contributed by atoms with Crippen LogP contribution in [0.15, 0.2) is 59.7 Å². The van der Waals surface area contributed by atoms with Crippen LogP contribution in [0.5, 0.6) is 0 Å². The van der Waals surface area contributed by atoms with Crippen molar-refractivity contribution in [3.8, 4) is 0 Å². The fourth-order valence-corrected chi connectivity index (χ4v) is 1.61. The molecule has 2 rings (SSSR count). The molecule has 0 unspecified atom stereocenters. The first-order chi connectivity index (χ1) is 8.79. The quantitative estimate of drug-likeness (QED) is 0.424. The van der Waals surface area contributed by atoms with Gasteiger partial charge in [0.1, 0.15) is 0 Å². The van der Waals surface area contributed by atoms with Crippen LogP contribution in [-0.2, 0) is 6.54 Å². The predicted molar refractivity (Wildman–Crippen MR) is 72.2 cm³/mol. The van der Waals surface area contributed by atoms with Crippen LogP contribution in [0, 0.1) is 10.9 Å². The summed E-state index contributed by atoms with van der Waals surface area (Å²) in [4.78, 5) is 0. The number of hydrogen-bond donors (Lipinski definition) is 3. The number of benzene rings is 2. The van der Waals surface area contributed by atoms with Gasteiger partial charge in [0.15, 0.2) is 5.84 Å². The second kappa shape index (κ2) is 5.72. The lowest BCUT2D eigenvalue weighted by molar-refractivity contribution is 1.15. The minimum Gasteiger partial charge on any atom is -0.381 e. The van der Waals surface area contributed by atoms with Crippen LogP contribution < -0.4 is 5.32 Å². The van der Waals surface area contributed by atoms with E-state index in [1.54, 1.807) is 12.1 Å². The first kappa shape index (κ1) is 12.0. The molecule has 90 valence electrons. The Hall–Kier alpha value is -2.49. The summed E-state index contributed by atoms with van der Waals surface area (Å²) in [6.45, 7) is 0.764. The molecule has 4 nitrogen and oxygen atoms in total. The van der Waals surface area contributed by atoms with Crippen LogP contribution in [0.25, 0.3) is 0 Å². The highest BCUT2D eigenvalue weighted by Gasteiger charge is 1.99. The summed E-state index contributed by atoms with van der Waals surface area (Å²) in [6.07, 6.45) is 0. The average molecular weight is 238 g/mol. The molecule has 0 amide bonds. The number of anilines is 1. The lowest BCUT2D eigenvalue weighted by Crippen LogP contribution is -2.00. The molecule has 0 bridgehead atoms. The molecule has 0 aliphatic rings. The van der Waals surface area contributed by atoms with Crippen molar-refractivity contribution in [1.82, 2.24) is 0 Å². The van der Waals surface area contributed by atoms with Crippen LogP contribution in [0.3, 0.4) is 0 Å². The van der Waals surface area contributed by atoms with Gasteiger partial charge in [0, 0.05) is 17.8 Å². The van der Waals surface area contributed by atoms with E-state index in [1.807, 2.05) is 30.3 Å². The SMILES string of the molecule is N=NC(=N)c1ccc(NCc2ccccc2)cc1. The highest BCUT2D eigenvalue weighted by molar-refractivity contribution is 5.96. The molecule has 4 heteroatoms. The van der Waals surface area contributed by atoms with E-state index in [-0.39, 0.29) is 5.84 Å². The Morgan fingerprint density at radius 2 is 1.67 bits per heavy atom. The summed E-state index contributed by atoms with van der Waals surface area (Å²) in [5.41, 5.74) is 9.63. The Labute approximate surface area is 106 Å². The maximum absolute atomic E-state index is 7.41. The van der Waals surface area contributed by atoms with Crippen molar-refractivity contribution >= 4 is 11.5 Å². The Balaban J connectivity index is 1.99. The number of amidine groups is 1. The Kier molecular flexibility index (Phi) is 3.81. The summed E-state index contributed by atoms with van der Waals surface area (Å²) < 4.78 is 0. The van der Waals surface area contributed by atoms with Gasteiger partial charge in [-0.05, 0) is 29.8 Å². The molecule has 0 atom stereocenters. The van der Waals surface area contributed by atoms with Gasteiger partial charge in [-0.25, -0.2) is 5.53 Å². The monoisotopic (exact) mass is 238 g/mol. The van der Waals surface area contributed by atoms with Crippen molar-refractivity contribution in [2.45, 2.75) is 6.54 Å². The molecule has 0 aliphatic heterocycles. The zero-order chi connectivity index (χ0) is 12.8. The predicted octanol–water partition coefficient (Wildman–Crippen LogP) is 3.66. The molecule has 0 aromatic heterocycles. The van der Waals surface area contributed by atoms with Crippen molar-refractivity contribution in [2.24, 2.45) is 5.11 Å². The molecule has 0 radical (unpaired) electrons. The molecule has 18 heavy (non-hydrogen) atoms. The summed E-state index contributed by atoms with van der Waals surface area (Å²) in [5, 5.41) is 13.8. The highest BCUT2D eigenvalue weighted by Crippen LogP contribution is 2.12. The molecule has 0 saturated heterocycles. The minimum atomic E-state index is -0.0235. The molecule has 2 aromatic carbocycles. The van der Waals surface area contributed by atoms with Crippen molar-refractivity contribution in [1.29, 1.82) is 10.9 Å². The molecule has 0 aliphatic carbocycles. The lowest BCUT2D eigenvalue weighted by Gasteiger charge is -2.07. The van der Waals surface area contributed by atoms with Gasteiger partial charge in [-0.2, -0.15) is 0 Å². The van der Waals surface area contributed by atoms with Crippen molar-refractivity contribution in [2.75, 3.05) is 5.32 Å². The second-order valence-electron chi connectivity index (χ2n) is 3.88. The van der Waals surface area contributed by atoms with E-state index in [1.165, 1.54) is 5.56 Å². The maximum Gasteiger partial charge on any atom is 0.173 e.